The van der Waals surface area contributed by atoms with Gasteiger partial charge in [-0.1, -0.05) is 0 Å². The number of rotatable bonds is 7. The average molecular weight is 628 g/mol. The van der Waals surface area contributed by atoms with Crippen molar-refractivity contribution in [2.45, 2.75) is 143 Å². The Labute approximate surface area is 248 Å². The third kappa shape index (κ3) is 7.20. The fraction of sp³-hybridized carbons (Fsp3) is 1.00. The summed E-state index contributed by atoms with van der Waals surface area (Å²) < 4.78 is 27.9. The largest absolute Gasteiger partial charge is 0.427 e. The summed E-state index contributed by atoms with van der Waals surface area (Å²) in [5.41, 5.74) is 0. The molecule has 3 aliphatic heterocycles. The van der Waals surface area contributed by atoms with E-state index in [4.69, 9.17) is 23.7 Å². The number of aliphatic hydroxyl groups is 13. The van der Waals surface area contributed by atoms with Gasteiger partial charge in [0, 0.05) is 18.8 Å². The molecule has 5 fully saturated rings. The van der Waals surface area contributed by atoms with Crippen LogP contribution in [-0.2, 0) is 18.9 Å². The van der Waals surface area contributed by atoms with E-state index >= 15 is 0 Å². The van der Waals surface area contributed by atoms with Crippen molar-refractivity contribution in [3.05, 3.63) is 0 Å². The average Bonchev–Trinajstić information content (AvgIpc) is 2.98. The molecule has 0 radical (unpaired) electrons. The van der Waals surface area contributed by atoms with E-state index in [0.717, 1.165) is 0 Å². The first-order valence-corrected chi connectivity index (χ1v) is 15.1. The van der Waals surface area contributed by atoms with E-state index in [9.17, 15) is 56.2 Å². The van der Waals surface area contributed by atoms with Crippen LogP contribution in [0, 0.1) is 11.8 Å². The van der Waals surface area contributed by atoms with Crippen LogP contribution in [0.15, 0.2) is 0 Å². The van der Waals surface area contributed by atoms with Crippen LogP contribution in [0.3, 0.4) is 0 Å². The lowest BCUT2D eigenvalue weighted by molar-refractivity contribution is -0.324. The van der Waals surface area contributed by atoms with Gasteiger partial charge in [0.1, 0.15) is 54.9 Å². The lowest BCUT2D eigenvalue weighted by Crippen LogP contribution is -2.61. The molecule has 0 bridgehead atoms. The van der Waals surface area contributed by atoms with E-state index in [-0.39, 0.29) is 44.0 Å². The Morgan fingerprint density at radius 3 is 1.67 bits per heavy atom. The quantitative estimate of drug-likeness (QED) is 0.117. The van der Waals surface area contributed by atoms with E-state index < -0.39 is 98.0 Å². The van der Waals surface area contributed by atoms with Gasteiger partial charge in [0.05, 0.1) is 43.5 Å². The van der Waals surface area contributed by atoms with E-state index in [1.807, 2.05) is 0 Å². The Morgan fingerprint density at radius 1 is 0.558 bits per heavy atom. The molecule has 250 valence electrons. The summed E-state index contributed by atoms with van der Waals surface area (Å²) in [7, 11) is 0. The Balaban J connectivity index is 1.30. The second-order valence-corrected chi connectivity index (χ2v) is 12.8. The van der Waals surface area contributed by atoms with Crippen LogP contribution in [0.25, 0.3) is 0 Å². The third-order valence-electron chi connectivity index (χ3n) is 9.87. The molecule has 0 aromatic carbocycles. The summed E-state index contributed by atoms with van der Waals surface area (Å²) in [5.74, 6) is -0.460. The normalized spacial score (nSPS) is 54.6. The summed E-state index contributed by atoms with van der Waals surface area (Å²) in [6.07, 6.45) is -18.0. The predicted molar refractivity (Wildman–Crippen MR) is 140 cm³/mol. The highest BCUT2D eigenvalue weighted by Crippen LogP contribution is 2.42. The zero-order chi connectivity index (χ0) is 31.2. The predicted octanol–water partition coefficient (Wildman–Crippen LogP) is -5.68. The van der Waals surface area contributed by atoms with Gasteiger partial charge in [-0.15, -0.1) is 0 Å². The van der Waals surface area contributed by atoms with Gasteiger partial charge < -0.3 is 79.9 Å². The SMILES string of the molecule is OC1CC(OC[C@H]2O[C@@H](O)[C@H](O)[C@@H](O)[C@@H]2O)C2CC(OC[C@H]3O[C@H](O)[C@H](O)[C@@H](O)[C@@H]3O)C(C3CCC(O)C(O)C3)[OH+]C2C1. The van der Waals surface area contributed by atoms with E-state index in [1.165, 1.54) is 0 Å². The Hall–Kier alpha value is -0.640. The Morgan fingerprint density at radius 2 is 1.12 bits per heavy atom. The summed E-state index contributed by atoms with van der Waals surface area (Å²) in [6.45, 7) is -0.521. The van der Waals surface area contributed by atoms with E-state index in [0.29, 0.717) is 25.7 Å². The van der Waals surface area contributed by atoms with Crippen molar-refractivity contribution >= 4 is 0 Å². The number of fused-ring (bicyclic) bond motifs is 1. The summed E-state index contributed by atoms with van der Waals surface area (Å²) in [4.78, 5) is 0. The van der Waals surface area contributed by atoms with E-state index in [2.05, 4.69) is 0 Å². The molecule has 43 heavy (non-hydrogen) atoms. The molecule has 5 aliphatic rings. The number of ether oxygens (including phenoxy) is 5. The highest BCUT2D eigenvalue weighted by Gasteiger charge is 2.54. The zero-order valence-corrected chi connectivity index (χ0v) is 23.6. The molecule has 0 aromatic rings. The molecule has 19 atom stereocenters. The Bertz CT molecular complexity index is 899. The monoisotopic (exact) mass is 627 g/mol. The van der Waals surface area contributed by atoms with Crippen molar-refractivity contribution in [1.29, 1.82) is 0 Å². The summed E-state index contributed by atoms with van der Waals surface area (Å²) in [6, 6.07) is 0. The van der Waals surface area contributed by atoms with Gasteiger partial charge in [0.25, 0.3) is 0 Å². The number of aliphatic hydroxyl groups excluding tert-OH is 11. The molecular formula is C27H47O16+. The van der Waals surface area contributed by atoms with Crippen molar-refractivity contribution in [2.24, 2.45) is 11.8 Å². The van der Waals surface area contributed by atoms with E-state index in [1.54, 1.807) is 0 Å². The van der Waals surface area contributed by atoms with Gasteiger partial charge in [-0.25, -0.2) is 0 Å². The highest BCUT2D eigenvalue weighted by atomic mass is 16.7. The summed E-state index contributed by atoms with van der Waals surface area (Å²) >= 11 is 0. The zero-order valence-electron chi connectivity index (χ0n) is 23.6. The summed E-state index contributed by atoms with van der Waals surface area (Å²) in [5, 5.41) is 111. The molecule has 0 aromatic heterocycles. The maximum atomic E-state index is 10.7. The number of hydrogen-bond donors (Lipinski definition) is 11. The van der Waals surface area contributed by atoms with Crippen LogP contribution in [0.5, 0.6) is 0 Å². The first kappa shape index (κ1) is 33.7. The lowest BCUT2D eigenvalue weighted by Gasteiger charge is -2.48. The van der Waals surface area contributed by atoms with Crippen molar-refractivity contribution in [2.75, 3.05) is 13.2 Å². The first-order chi connectivity index (χ1) is 20.3. The van der Waals surface area contributed by atoms with Gasteiger partial charge in [-0.3, -0.25) is 0 Å². The van der Waals surface area contributed by atoms with Gasteiger partial charge in [-0.2, -0.15) is 0 Å². The second kappa shape index (κ2) is 14.0. The molecular weight excluding hydrogens is 580 g/mol. The van der Waals surface area contributed by atoms with Gasteiger partial charge >= 0.3 is 0 Å². The van der Waals surface area contributed by atoms with Crippen LogP contribution >= 0.6 is 0 Å². The van der Waals surface area contributed by atoms with Crippen LogP contribution in [0.1, 0.15) is 38.5 Å². The molecule has 16 nitrogen and oxygen atoms in total. The fourth-order valence-electron chi connectivity index (χ4n) is 7.28. The number of hydrogen-bond acceptors (Lipinski definition) is 15. The van der Waals surface area contributed by atoms with Crippen LogP contribution in [-0.4, -0.2) is 178 Å². The van der Waals surface area contributed by atoms with Crippen LogP contribution < -0.4 is 0 Å². The minimum Gasteiger partial charge on any atom is -0.427 e. The standard InChI is InChI=1S/C27H46O16/c28-10-4-14(39-7-17-19(31)21(33)23(35)26(37)42-17)11-6-16(40-8-18-20(32)22(34)24(36)27(38)43-18)25(41-15(11)5-10)9-1-2-12(29)13(30)3-9/h9-38H,1-8H2/p+1/t9?,10?,11?,12?,13?,14?,15?,16?,17-,18-,19-,20-,21+,22+,23-,24-,25?,26-,27+/m1/s1. The molecule has 0 amide bonds. The molecule has 3 saturated heterocycles. The molecule has 5 rings (SSSR count). The van der Waals surface area contributed by atoms with Crippen molar-refractivity contribution in [1.82, 2.24) is 0 Å². The molecule has 16 heteroatoms. The molecule has 0 spiro atoms. The minimum absolute atomic E-state index is 0.168. The molecule has 9 unspecified atom stereocenters. The van der Waals surface area contributed by atoms with Crippen LogP contribution in [0.2, 0.25) is 0 Å². The van der Waals surface area contributed by atoms with Crippen molar-refractivity contribution in [3.63, 3.8) is 0 Å². The van der Waals surface area contributed by atoms with Crippen molar-refractivity contribution in [3.8, 4) is 0 Å². The third-order valence-corrected chi connectivity index (χ3v) is 9.87. The minimum atomic E-state index is -1.73. The molecule has 3 heterocycles. The second-order valence-electron chi connectivity index (χ2n) is 12.8. The van der Waals surface area contributed by atoms with Crippen molar-refractivity contribution < 1.29 is 79.9 Å². The van der Waals surface area contributed by atoms with Crippen LogP contribution in [0.4, 0.5) is 0 Å². The Kier molecular flexibility index (Phi) is 11.0. The van der Waals surface area contributed by atoms with Gasteiger partial charge in [-0.05, 0) is 25.7 Å². The highest BCUT2D eigenvalue weighted by molar-refractivity contribution is 4.99. The fourth-order valence-corrected chi connectivity index (χ4v) is 7.28. The van der Waals surface area contributed by atoms with Gasteiger partial charge in [0.15, 0.2) is 24.8 Å². The molecule has 2 saturated carbocycles. The smallest absolute Gasteiger partial charge is 0.184 e. The lowest BCUT2D eigenvalue weighted by atomic mass is 9.72. The molecule has 12 N–H and O–H groups in total. The maximum absolute atomic E-state index is 10.7. The first-order valence-electron chi connectivity index (χ1n) is 15.1. The molecule has 2 aliphatic carbocycles. The maximum Gasteiger partial charge on any atom is 0.184 e. The topological polar surface area (TPSA) is 272 Å². The van der Waals surface area contributed by atoms with Gasteiger partial charge in [0.2, 0.25) is 0 Å².